The first-order valence-electron chi connectivity index (χ1n) is 11.3. The number of pyridine rings is 1. The molecule has 0 saturated carbocycles. The van der Waals surface area contributed by atoms with Crippen molar-refractivity contribution in [2.24, 2.45) is 0 Å². The first-order valence-corrected chi connectivity index (χ1v) is 11.6. The van der Waals surface area contributed by atoms with Crippen LogP contribution in [0, 0.1) is 5.82 Å². The van der Waals surface area contributed by atoms with Crippen LogP contribution < -0.4 is 15.2 Å². The smallest absolute Gasteiger partial charge is 0.278 e. The van der Waals surface area contributed by atoms with E-state index in [0.29, 0.717) is 12.0 Å². The van der Waals surface area contributed by atoms with Crippen LogP contribution in [0.4, 0.5) is 4.39 Å². The summed E-state index contributed by atoms with van der Waals surface area (Å²) in [6.45, 7) is 2.11. The number of aromatic nitrogens is 1. The van der Waals surface area contributed by atoms with Gasteiger partial charge in [0.15, 0.2) is 23.0 Å². The van der Waals surface area contributed by atoms with E-state index in [9.17, 15) is 14.7 Å². The van der Waals surface area contributed by atoms with Crippen molar-refractivity contribution < 1.29 is 19.0 Å². The molecule has 0 radical (unpaired) electrons. The van der Waals surface area contributed by atoms with Gasteiger partial charge in [0.1, 0.15) is 19.3 Å². The fraction of sp³-hybridized carbons (Fsp3) is 0.231. The average molecular weight is 496 g/mol. The van der Waals surface area contributed by atoms with Gasteiger partial charge in [0, 0.05) is 17.8 Å². The highest BCUT2D eigenvalue weighted by Crippen LogP contribution is 2.40. The van der Waals surface area contributed by atoms with E-state index < -0.39 is 28.9 Å². The summed E-state index contributed by atoms with van der Waals surface area (Å²) < 4.78 is 22.7. The Bertz CT molecular complexity index is 1380. The fourth-order valence-corrected chi connectivity index (χ4v) is 4.83. The Kier molecular flexibility index (Phi) is 5.98. The molecule has 1 N–H and O–H groups in total. The topological polar surface area (TPSA) is 75.0 Å². The summed E-state index contributed by atoms with van der Waals surface area (Å²) >= 11 is 6.11. The van der Waals surface area contributed by atoms with E-state index in [1.807, 2.05) is 48.3 Å². The van der Waals surface area contributed by atoms with Gasteiger partial charge in [0.05, 0.1) is 11.1 Å². The van der Waals surface area contributed by atoms with Crippen LogP contribution in [0.25, 0.3) is 0 Å². The van der Waals surface area contributed by atoms with Crippen LogP contribution in [0.1, 0.15) is 41.0 Å². The van der Waals surface area contributed by atoms with E-state index in [-0.39, 0.29) is 35.8 Å². The van der Waals surface area contributed by atoms with Crippen LogP contribution in [0.2, 0.25) is 5.02 Å². The van der Waals surface area contributed by atoms with E-state index in [4.69, 9.17) is 16.3 Å². The van der Waals surface area contributed by atoms with E-state index in [2.05, 4.69) is 0 Å². The molecule has 3 heterocycles. The minimum absolute atomic E-state index is 0.00113. The number of fused-ring (bicyclic) bond motifs is 5. The summed E-state index contributed by atoms with van der Waals surface area (Å²) in [5, 5.41) is 12.4. The zero-order valence-corrected chi connectivity index (χ0v) is 19.7. The molecule has 35 heavy (non-hydrogen) atoms. The van der Waals surface area contributed by atoms with E-state index >= 15 is 4.39 Å². The summed E-state index contributed by atoms with van der Waals surface area (Å²) in [6.07, 6.45) is 5.57. The molecule has 0 saturated heterocycles. The van der Waals surface area contributed by atoms with Gasteiger partial charge in [-0.25, -0.2) is 4.39 Å². The summed E-state index contributed by atoms with van der Waals surface area (Å²) in [5.74, 6) is -1.78. The number of ether oxygens (including phenoxy) is 1. The molecule has 1 amide bonds. The quantitative estimate of drug-likeness (QED) is 0.539. The van der Waals surface area contributed by atoms with Crippen LogP contribution in [0.5, 0.6) is 11.5 Å². The zero-order valence-electron chi connectivity index (χ0n) is 18.9. The van der Waals surface area contributed by atoms with Gasteiger partial charge in [-0.1, -0.05) is 61.0 Å². The van der Waals surface area contributed by atoms with Gasteiger partial charge in [-0.3, -0.25) is 19.3 Å². The van der Waals surface area contributed by atoms with E-state index in [0.717, 1.165) is 5.56 Å². The summed E-state index contributed by atoms with van der Waals surface area (Å²) in [5.41, 5.74) is 0.475. The van der Waals surface area contributed by atoms with Gasteiger partial charge in [-0.15, -0.1) is 0 Å². The average Bonchev–Trinajstić information content (AvgIpc) is 2.89. The van der Waals surface area contributed by atoms with Crippen LogP contribution in [-0.2, 0) is 0 Å². The Hall–Kier alpha value is -3.78. The van der Waals surface area contributed by atoms with E-state index in [1.54, 1.807) is 17.0 Å². The SMILES string of the molecule is CC[C@@H]1/C=C\COc2c(ccc(Cl)c2F)[C@@H](c2ccccc2)N2CN1C(=O)c1c(O)c(=O)ccn12. The number of benzene rings is 2. The predicted molar refractivity (Wildman–Crippen MR) is 130 cm³/mol. The largest absolute Gasteiger partial charge is 0.502 e. The van der Waals surface area contributed by atoms with Crippen molar-refractivity contribution in [3.05, 3.63) is 105 Å². The molecule has 0 fully saturated rings. The maximum absolute atomic E-state index is 15.3. The Morgan fingerprint density at radius 2 is 1.91 bits per heavy atom. The molecule has 7 nitrogen and oxygen atoms in total. The number of aromatic hydroxyl groups is 1. The summed E-state index contributed by atoms with van der Waals surface area (Å²) in [4.78, 5) is 27.5. The lowest BCUT2D eigenvalue weighted by Crippen LogP contribution is -2.57. The van der Waals surface area contributed by atoms with Crippen molar-refractivity contribution >= 4 is 17.5 Å². The number of nitrogens with zero attached hydrogens (tertiary/aromatic N) is 3. The van der Waals surface area contributed by atoms with E-state index in [1.165, 1.54) is 23.0 Å². The van der Waals surface area contributed by atoms with Gasteiger partial charge >= 0.3 is 0 Å². The third-order valence-corrected chi connectivity index (χ3v) is 6.67. The summed E-state index contributed by atoms with van der Waals surface area (Å²) in [6, 6.07) is 12.7. The minimum Gasteiger partial charge on any atom is -0.502 e. The highest BCUT2D eigenvalue weighted by molar-refractivity contribution is 6.30. The molecule has 9 heteroatoms. The van der Waals surface area contributed by atoms with Crippen LogP contribution in [0.15, 0.2) is 71.7 Å². The molecular formula is C26H23ClFN3O4. The molecular weight excluding hydrogens is 473 g/mol. The molecule has 3 aromatic rings. The van der Waals surface area contributed by atoms with Gasteiger partial charge in [-0.2, -0.15) is 0 Å². The number of amides is 1. The maximum atomic E-state index is 15.3. The second kappa shape index (κ2) is 9.11. The third kappa shape index (κ3) is 3.83. The lowest BCUT2D eigenvalue weighted by Gasteiger charge is -2.45. The highest BCUT2D eigenvalue weighted by Gasteiger charge is 2.39. The molecule has 1 aromatic heterocycles. The van der Waals surface area contributed by atoms with Gasteiger partial charge < -0.3 is 14.7 Å². The van der Waals surface area contributed by atoms with Crippen molar-refractivity contribution in [3.8, 4) is 11.5 Å². The molecule has 2 bridgehead atoms. The lowest BCUT2D eigenvalue weighted by molar-refractivity contribution is 0.0626. The Labute approximate surface area is 206 Å². The molecule has 2 aromatic carbocycles. The third-order valence-electron chi connectivity index (χ3n) is 6.38. The number of rotatable bonds is 2. The molecule has 0 aliphatic carbocycles. The molecule has 0 spiro atoms. The Morgan fingerprint density at radius 1 is 1.14 bits per heavy atom. The normalized spacial score (nSPS) is 20.4. The Balaban J connectivity index is 1.84. The highest BCUT2D eigenvalue weighted by atomic mass is 35.5. The fourth-order valence-electron chi connectivity index (χ4n) is 4.68. The summed E-state index contributed by atoms with van der Waals surface area (Å²) in [7, 11) is 0. The van der Waals surface area contributed by atoms with Crippen molar-refractivity contribution in [3.63, 3.8) is 0 Å². The maximum Gasteiger partial charge on any atom is 0.278 e. The number of carbonyl (C=O) groups excluding carboxylic acids is 1. The number of hydrogen-bond donors (Lipinski definition) is 1. The molecule has 2 aliphatic rings. The lowest BCUT2D eigenvalue weighted by atomic mass is 9.96. The zero-order chi connectivity index (χ0) is 24.7. The van der Waals surface area contributed by atoms with Crippen molar-refractivity contribution in [2.45, 2.75) is 25.4 Å². The molecule has 0 unspecified atom stereocenters. The van der Waals surface area contributed by atoms with Crippen LogP contribution >= 0.6 is 11.6 Å². The molecule has 2 atom stereocenters. The first-order chi connectivity index (χ1) is 16.9. The molecule has 2 aliphatic heterocycles. The van der Waals surface area contributed by atoms with Crippen LogP contribution in [0.3, 0.4) is 0 Å². The predicted octanol–water partition coefficient (Wildman–Crippen LogP) is 4.21. The van der Waals surface area contributed by atoms with Gasteiger partial charge in [-0.05, 0) is 24.1 Å². The molecule has 5 rings (SSSR count). The van der Waals surface area contributed by atoms with Crippen molar-refractivity contribution in [1.29, 1.82) is 0 Å². The second-order valence-electron chi connectivity index (χ2n) is 8.39. The number of halogens is 2. The van der Waals surface area contributed by atoms with Gasteiger partial charge in [0.2, 0.25) is 5.43 Å². The monoisotopic (exact) mass is 495 g/mol. The van der Waals surface area contributed by atoms with Crippen LogP contribution in [-0.4, -0.2) is 39.9 Å². The first kappa shape index (κ1) is 23.0. The molecule has 180 valence electrons. The van der Waals surface area contributed by atoms with Crippen molar-refractivity contribution in [1.82, 2.24) is 9.58 Å². The van der Waals surface area contributed by atoms with Gasteiger partial charge in [0.25, 0.3) is 5.91 Å². The number of carbonyl (C=O) groups is 1. The van der Waals surface area contributed by atoms with Crippen molar-refractivity contribution in [2.75, 3.05) is 18.3 Å². The number of hydrogen-bond acceptors (Lipinski definition) is 5. The second-order valence-corrected chi connectivity index (χ2v) is 8.79. The minimum atomic E-state index is -0.683. The Morgan fingerprint density at radius 3 is 2.66 bits per heavy atom. The standard InChI is InChI=1S/C26H23ClFN3O4/c1-2-17-9-6-14-35-25-18(10-11-19(27)21(25)28)22(16-7-4-3-5-8-16)31-15-29(17)26(34)23-24(33)20(32)12-13-30(23)31/h3-13,17,22,33H,2,14-15H2,1H3/b9-6-/t17-,22-/m1/s1.